The van der Waals surface area contributed by atoms with Gasteiger partial charge in [-0.2, -0.15) is 0 Å². The molecular weight excluding hydrogens is 447 g/mol. The van der Waals surface area contributed by atoms with Gasteiger partial charge in [-0.1, -0.05) is 0 Å². The number of methoxy groups -OCH3 is 2. The van der Waals surface area contributed by atoms with Crippen molar-refractivity contribution in [3.63, 3.8) is 0 Å². The van der Waals surface area contributed by atoms with Gasteiger partial charge in [-0.05, 0) is 30.9 Å². The van der Waals surface area contributed by atoms with E-state index >= 15 is 0 Å². The summed E-state index contributed by atoms with van der Waals surface area (Å²) in [4.78, 5) is 17.7. The van der Waals surface area contributed by atoms with Gasteiger partial charge in [0.1, 0.15) is 11.5 Å². The molecule has 1 unspecified atom stereocenters. The van der Waals surface area contributed by atoms with Crippen molar-refractivity contribution >= 4 is 35.8 Å². The molecule has 1 fully saturated rings. The summed E-state index contributed by atoms with van der Waals surface area (Å²) >= 11 is 0. The molecule has 3 N–H and O–H groups in total. The maximum atomic E-state index is 11.2. The van der Waals surface area contributed by atoms with Gasteiger partial charge in [0.2, 0.25) is 5.91 Å². The van der Waals surface area contributed by atoms with Crippen LogP contribution in [0.1, 0.15) is 24.8 Å². The van der Waals surface area contributed by atoms with E-state index in [2.05, 4.69) is 15.2 Å². The zero-order valence-corrected chi connectivity index (χ0v) is 18.0. The van der Waals surface area contributed by atoms with Gasteiger partial charge in [-0.15, -0.1) is 24.0 Å². The van der Waals surface area contributed by atoms with E-state index in [1.54, 1.807) is 21.3 Å². The number of halogens is 1. The Morgan fingerprint density at radius 1 is 1.38 bits per heavy atom. The number of likely N-dealkylation sites (tertiary alicyclic amines) is 1. The van der Waals surface area contributed by atoms with Crippen molar-refractivity contribution in [2.75, 3.05) is 34.4 Å². The Kier molecular flexibility index (Phi) is 9.53. The first-order valence-electron chi connectivity index (χ1n) is 8.52. The lowest BCUT2D eigenvalue weighted by Crippen LogP contribution is -2.46. The van der Waals surface area contributed by atoms with Crippen LogP contribution in [0.5, 0.6) is 11.5 Å². The summed E-state index contributed by atoms with van der Waals surface area (Å²) in [5, 5.41) is 3.38. The third-order valence-electron chi connectivity index (χ3n) is 4.45. The van der Waals surface area contributed by atoms with Crippen molar-refractivity contribution in [2.24, 2.45) is 16.6 Å². The third kappa shape index (κ3) is 6.22. The Labute approximate surface area is 172 Å². The SMILES string of the molecule is CN=C(NCc1ccc(OC)cc1OC)N1CCCC(CC(N)=O)C1.I. The number of amides is 1. The van der Waals surface area contributed by atoms with E-state index in [0.29, 0.717) is 18.9 Å². The van der Waals surface area contributed by atoms with E-state index in [1.165, 1.54) is 0 Å². The maximum Gasteiger partial charge on any atom is 0.217 e. The number of rotatable bonds is 6. The molecule has 1 heterocycles. The van der Waals surface area contributed by atoms with E-state index in [9.17, 15) is 4.79 Å². The molecule has 0 spiro atoms. The first kappa shape index (κ1) is 22.3. The fourth-order valence-corrected chi connectivity index (χ4v) is 3.21. The maximum absolute atomic E-state index is 11.2. The van der Waals surface area contributed by atoms with E-state index < -0.39 is 0 Å². The average Bonchev–Trinajstić information content (AvgIpc) is 2.62. The lowest BCUT2D eigenvalue weighted by atomic mass is 9.95. The highest BCUT2D eigenvalue weighted by molar-refractivity contribution is 14.0. The number of guanidine groups is 1. The lowest BCUT2D eigenvalue weighted by molar-refractivity contribution is -0.119. The molecule has 0 aromatic heterocycles. The molecule has 26 heavy (non-hydrogen) atoms. The van der Waals surface area contributed by atoms with Crippen molar-refractivity contribution < 1.29 is 14.3 Å². The molecule has 1 saturated heterocycles. The number of nitrogens with zero attached hydrogens (tertiary/aromatic N) is 2. The molecule has 0 aliphatic carbocycles. The minimum absolute atomic E-state index is 0. The number of benzene rings is 1. The van der Waals surface area contributed by atoms with Crippen LogP contribution in [0.4, 0.5) is 0 Å². The highest BCUT2D eigenvalue weighted by Crippen LogP contribution is 2.24. The third-order valence-corrected chi connectivity index (χ3v) is 4.45. The molecule has 1 amide bonds. The quantitative estimate of drug-likeness (QED) is 0.373. The average molecular weight is 476 g/mol. The van der Waals surface area contributed by atoms with E-state index in [4.69, 9.17) is 15.2 Å². The molecule has 0 saturated carbocycles. The number of nitrogens with two attached hydrogens (primary N) is 1. The number of aliphatic imine (C=N–C) groups is 1. The number of carbonyl (C=O) groups is 1. The van der Waals surface area contributed by atoms with Crippen LogP contribution in [0.25, 0.3) is 0 Å². The second-order valence-electron chi connectivity index (χ2n) is 6.20. The highest BCUT2D eigenvalue weighted by Gasteiger charge is 2.23. The molecule has 1 aromatic carbocycles. The van der Waals surface area contributed by atoms with Gasteiger partial charge in [-0.3, -0.25) is 9.79 Å². The van der Waals surface area contributed by atoms with Crippen molar-refractivity contribution in [1.29, 1.82) is 0 Å². The molecule has 0 radical (unpaired) electrons. The van der Waals surface area contributed by atoms with Gasteiger partial charge in [0, 0.05) is 44.7 Å². The van der Waals surface area contributed by atoms with Gasteiger partial charge in [0.25, 0.3) is 0 Å². The molecule has 7 nitrogen and oxygen atoms in total. The summed E-state index contributed by atoms with van der Waals surface area (Å²) in [6.07, 6.45) is 2.49. The van der Waals surface area contributed by atoms with Crippen molar-refractivity contribution in [1.82, 2.24) is 10.2 Å². The molecule has 1 aliphatic heterocycles. The van der Waals surface area contributed by atoms with Gasteiger partial charge in [-0.25, -0.2) is 0 Å². The zero-order valence-electron chi connectivity index (χ0n) is 15.7. The Morgan fingerprint density at radius 3 is 2.77 bits per heavy atom. The van der Waals surface area contributed by atoms with E-state index in [0.717, 1.165) is 49.0 Å². The van der Waals surface area contributed by atoms with Crippen LogP contribution in [0, 0.1) is 5.92 Å². The molecule has 8 heteroatoms. The summed E-state index contributed by atoms with van der Waals surface area (Å²) in [7, 11) is 5.05. The van der Waals surface area contributed by atoms with Crippen LogP contribution in [0.15, 0.2) is 23.2 Å². The predicted molar refractivity (Wildman–Crippen MR) is 113 cm³/mol. The van der Waals surface area contributed by atoms with Gasteiger partial charge in [0.15, 0.2) is 5.96 Å². The first-order chi connectivity index (χ1) is 12.1. The van der Waals surface area contributed by atoms with Crippen LogP contribution < -0.4 is 20.5 Å². The Balaban J connectivity index is 0.00000338. The van der Waals surface area contributed by atoms with Crippen molar-refractivity contribution in [3.05, 3.63) is 23.8 Å². The lowest BCUT2D eigenvalue weighted by Gasteiger charge is -2.34. The van der Waals surface area contributed by atoms with E-state index in [-0.39, 0.29) is 29.9 Å². The zero-order chi connectivity index (χ0) is 18.2. The summed E-state index contributed by atoms with van der Waals surface area (Å²) < 4.78 is 10.7. The van der Waals surface area contributed by atoms with Gasteiger partial charge in [0.05, 0.1) is 14.2 Å². The molecule has 1 aliphatic rings. The minimum Gasteiger partial charge on any atom is -0.497 e. The van der Waals surface area contributed by atoms with E-state index in [1.807, 2.05) is 18.2 Å². The van der Waals surface area contributed by atoms with Crippen LogP contribution in [-0.4, -0.2) is 51.1 Å². The molecule has 1 aromatic rings. The topological polar surface area (TPSA) is 89.2 Å². The number of ether oxygens (including phenoxy) is 2. The summed E-state index contributed by atoms with van der Waals surface area (Å²) in [6, 6.07) is 5.75. The number of hydrogen-bond acceptors (Lipinski definition) is 4. The van der Waals surface area contributed by atoms with Crippen molar-refractivity contribution in [3.8, 4) is 11.5 Å². The molecule has 1 atom stereocenters. The monoisotopic (exact) mass is 476 g/mol. The number of nitrogens with one attached hydrogen (secondary N) is 1. The van der Waals surface area contributed by atoms with Gasteiger partial charge >= 0.3 is 0 Å². The minimum atomic E-state index is -0.238. The number of carbonyl (C=O) groups excluding carboxylic acids is 1. The second kappa shape index (κ2) is 11.1. The van der Waals surface area contributed by atoms with Crippen LogP contribution in [0.2, 0.25) is 0 Å². The summed E-state index contributed by atoms with van der Waals surface area (Å²) in [5.74, 6) is 2.41. The number of hydrogen-bond donors (Lipinski definition) is 2. The molecule has 0 bridgehead atoms. The predicted octanol–water partition coefficient (Wildman–Crippen LogP) is 1.98. The smallest absolute Gasteiger partial charge is 0.217 e. The fraction of sp³-hybridized carbons (Fsp3) is 0.556. The Bertz CT molecular complexity index is 624. The number of piperidine rings is 1. The van der Waals surface area contributed by atoms with Gasteiger partial charge < -0.3 is 25.4 Å². The van der Waals surface area contributed by atoms with Crippen molar-refractivity contribution in [2.45, 2.75) is 25.8 Å². The largest absolute Gasteiger partial charge is 0.497 e. The normalized spacial score (nSPS) is 17.3. The molecule has 2 rings (SSSR count). The van der Waals surface area contributed by atoms with Crippen LogP contribution in [-0.2, 0) is 11.3 Å². The van der Waals surface area contributed by atoms with Crippen LogP contribution in [0.3, 0.4) is 0 Å². The first-order valence-corrected chi connectivity index (χ1v) is 8.52. The fourth-order valence-electron chi connectivity index (χ4n) is 3.21. The highest BCUT2D eigenvalue weighted by atomic mass is 127. The Hall–Kier alpha value is -1.71. The second-order valence-corrected chi connectivity index (χ2v) is 6.20. The molecule has 146 valence electrons. The summed E-state index contributed by atoms with van der Waals surface area (Å²) in [6.45, 7) is 2.31. The Morgan fingerprint density at radius 2 is 2.15 bits per heavy atom. The molecular formula is C18H29IN4O3. The summed E-state index contributed by atoms with van der Waals surface area (Å²) in [5.41, 5.74) is 6.36. The number of primary amides is 1. The standard InChI is InChI=1S/C18H28N4O3.HI/c1-20-18(22-8-4-5-13(12-22)9-17(19)23)21-11-14-6-7-15(24-2)10-16(14)25-3;/h6-7,10,13H,4-5,8-9,11-12H2,1-3H3,(H2,19,23)(H,20,21);1H. The van der Waals surface area contributed by atoms with Crippen LogP contribution >= 0.6 is 24.0 Å².